The summed E-state index contributed by atoms with van der Waals surface area (Å²) in [6, 6.07) is 20.3. The number of nitrogens with one attached hydrogen (secondary N) is 1. The summed E-state index contributed by atoms with van der Waals surface area (Å²) in [7, 11) is 1.56. The Kier molecular flexibility index (Phi) is 5.64. The topological polar surface area (TPSA) is 89.6 Å². The van der Waals surface area contributed by atoms with E-state index in [2.05, 4.69) is 10.4 Å². The van der Waals surface area contributed by atoms with Crippen LogP contribution in [0, 0.1) is 6.92 Å². The van der Waals surface area contributed by atoms with E-state index in [1.165, 1.54) is 4.90 Å². The van der Waals surface area contributed by atoms with Crippen LogP contribution in [-0.2, 0) is 17.9 Å². The molecule has 5 rings (SSSR count). The number of rotatable bonds is 6. The van der Waals surface area contributed by atoms with E-state index < -0.39 is 5.54 Å². The SMILES string of the molecule is COc1cccc(N2C(=O)c3cc(-c4ccco4)nn3CC2(C)C(=O)NCc2ccc(C)cc2)c1. The number of hydrogen-bond donors (Lipinski definition) is 1. The van der Waals surface area contributed by atoms with Gasteiger partial charge in [0.05, 0.1) is 19.9 Å². The molecule has 178 valence electrons. The average Bonchev–Trinajstić information content (AvgIpc) is 3.54. The Labute approximate surface area is 203 Å². The highest BCUT2D eigenvalue weighted by molar-refractivity contribution is 6.12. The van der Waals surface area contributed by atoms with E-state index >= 15 is 0 Å². The van der Waals surface area contributed by atoms with Gasteiger partial charge in [0.25, 0.3) is 5.91 Å². The number of ether oxygens (including phenoxy) is 1. The van der Waals surface area contributed by atoms with Gasteiger partial charge in [-0.05, 0) is 43.7 Å². The Morgan fingerprint density at radius 2 is 1.94 bits per heavy atom. The molecule has 0 saturated carbocycles. The highest BCUT2D eigenvalue weighted by Gasteiger charge is 2.49. The minimum absolute atomic E-state index is 0.172. The van der Waals surface area contributed by atoms with Gasteiger partial charge in [-0.15, -0.1) is 0 Å². The molecule has 0 saturated heterocycles. The first-order valence-corrected chi connectivity index (χ1v) is 11.3. The normalized spacial score (nSPS) is 17.2. The van der Waals surface area contributed by atoms with Gasteiger partial charge in [0.2, 0.25) is 5.91 Å². The molecule has 4 aromatic rings. The van der Waals surface area contributed by atoms with Gasteiger partial charge in [-0.2, -0.15) is 5.10 Å². The van der Waals surface area contributed by atoms with Crippen LogP contribution in [0.3, 0.4) is 0 Å². The summed E-state index contributed by atoms with van der Waals surface area (Å²) < 4.78 is 12.4. The summed E-state index contributed by atoms with van der Waals surface area (Å²) in [5, 5.41) is 7.60. The predicted octanol–water partition coefficient (Wildman–Crippen LogP) is 4.20. The first-order valence-electron chi connectivity index (χ1n) is 11.3. The molecular formula is C27H26N4O4. The Bertz CT molecular complexity index is 1370. The van der Waals surface area contributed by atoms with Crippen LogP contribution in [0.1, 0.15) is 28.5 Å². The lowest BCUT2D eigenvalue weighted by molar-refractivity contribution is -0.126. The largest absolute Gasteiger partial charge is 0.497 e. The fourth-order valence-corrected chi connectivity index (χ4v) is 4.36. The van der Waals surface area contributed by atoms with Gasteiger partial charge in [0.15, 0.2) is 5.76 Å². The van der Waals surface area contributed by atoms with Crippen molar-refractivity contribution < 1.29 is 18.7 Å². The fraction of sp³-hybridized carbons (Fsp3) is 0.222. The van der Waals surface area contributed by atoms with Gasteiger partial charge in [0.1, 0.15) is 22.7 Å². The Morgan fingerprint density at radius 1 is 1.14 bits per heavy atom. The Balaban J connectivity index is 1.53. The fourth-order valence-electron chi connectivity index (χ4n) is 4.36. The van der Waals surface area contributed by atoms with E-state index in [-0.39, 0.29) is 18.4 Å². The third-order valence-electron chi connectivity index (χ3n) is 6.30. The van der Waals surface area contributed by atoms with Gasteiger partial charge in [-0.1, -0.05) is 35.9 Å². The van der Waals surface area contributed by atoms with Crippen LogP contribution in [0.2, 0.25) is 0 Å². The molecule has 0 fully saturated rings. The van der Waals surface area contributed by atoms with Crippen LogP contribution in [0.4, 0.5) is 5.69 Å². The molecule has 0 spiro atoms. The molecule has 35 heavy (non-hydrogen) atoms. The van der Waals surface area contributed by atoms with Gasteiger partial charge in [-0.3, -0.25) is 19.2 Å². The molecule has 0 aliphatic carbocycles. The van der Waals surface area contributed by atoms with Gasteiger partial charge < -0.3 is 14.5 Å². The number of carbonyl (C=O) groups is 2. The summed E-state index contributed by atoms with van der Waals surface area (Å²) in [6.45, 7) is 4.29. The van der Waals surface area contributed by atoms with Crippen molar-refractivity contribution >= 4 is 17.5 Å². The monoisotopic (exact) mass is 470 g/mol. The third kappa shape index (κ3) is 4.07. The van der Waals surface area contributed by atoms with E-state index in [4.69, 9.17) is 9.15 Å². The van der Waals surface area contributed by atoms with Crippen LogP contribution in [0.5, 0.6) is 5.75 Å². The lowest BCUT2D eigenvalue weighted by Crippen LogP contribution is -2.64. The minimum Gasteiger partial charge on any atom is -0.497 e. The van der Waals surface area contributed by atoms with Crippen LogP contribution >= 0.6 is 0 Å². The van der Waals surface area contributed by atoms with E-state index in [1.807, 2.05) is 31.2 Å². The van der Waals surface area contributed by atoms with Gasteiger partial charge >= 0.3 is 0 Å². The van der Waals surface area contributed by atoms with Crippen molar-refractivity contribution in [1.29, 1.82) is 0 Å². The Hall–Kier alpha value is -4.33. The molecule has 0 radical (unpaired) electrons. The molecule has 2 aromatic carbocycles. The quantitative estimate of drug-likeness (QED) is 0.456. The smallest absolute Gasteiger partial charge is 0.277 e. The molecule has 1 N–H and O–H groups in total. The predicted molar refractivity (Wildman–Crippen MR) is 131 cm³/mol. The standard InChI is InChI=1S/C27H26N4O4/c1-18-9-11-19(12-10-18)16-28-26(33)27(2)17-30-23(15-22(29-30)24-8-5-13-35-24)25(32)31(27)20-6-4-7-21(14-20)34-3/h4-15H,16-17H2,1-3H3,(H,28,33). The van der Waals surface area contributed by atoms with Crippen LogP contribution in [0.15, 0.2) is 77.4 Å². The third-order valence-corrected chi connectivity index (χ3v) is 6.30. The highest BCUT2D eigenvalue weighted by Crippen LogP contribution is 2.35. The lowest BCUT2D eigenvalue weighted by Gasteiger charge is -2.43. The molecular weight excluding hydrogens is 444 g/mol. The molecule has 1 aliphatic rings. The van der Waals surface area contributed by atoms with Crippen molar-refractivity contribution in [3.63, 3.8) is 0 Å². The summed E-state index contributed by atoms with van der Waals surface area (Å²) >= 11 is 0. The maximum absolute atomic E-state index is 13.8. The van der Waals surface area contributed by atoms with Crippen molar-refractivity contribution in [2.45, 2.75) is 32.5 Å². The number of furan rings is 1. The van der Waals surface area contributed by atoms with Crippen LogP contribution < -0.4 is 15.0 Å². The zero-order valence-electron chi connectivity index (χ0n) is 19.8. The van der Waals surface area contributed by atoms with Crippen LogP contribution in [0.25, 0.3) is 11.5 Å². The number of methoxy groups -OCH3 is 1. The van der Waals surface area contributed by atoms with Crippen LogP contribution in [-0.4, -0.2) is 34.2 Å². The maximum atomic E-state index is 13.8. The second-order valence-electron chi connectivity index (χ2n) is 8.83. The molecule has 1 unspecified atom stereocenters. The van der Waals surface area contributed by atoms with E-state index in [0.717, 1.165) is 11.1 Å². The van der Waals surface area contributed by atoms with Gasteiger partial charge in [0, 0.05) is 24.4 Å². The maximum Gasteiger partial charge on any atom is 0.277 e. The van der Waals surface area contributed by atoms with E-state index in [0.29, 0.717) is 35.1 Å². The summed E-state index contributed by atoms with van der Waals surface area (Å²) in [5.74, 6) is 0.531. The first-order chi connectivity index (χ1) is 16.9. The second kappa shape index (κ2) is 8.79. The number of aryl methyl sites for hydroxylation is 1. The minimum atomic E-state index is -1.24. The number of fused-ring (bicyclic) bond motifs is 1. The number of anilines is 1. The number of hydrogen-bond acceptors (Lipinski definition) is 5. The number of nitrogens with zero attached hydrogens (tertiary/aromatic N) is 3. The van der Waals surface area contributed by atoms with Gasteiger partial charge in [-0.25, -0.2) is 0 Å². The van der Waals surface area contributed by atoms with Crippen molar-refractivity contribution in [2.24, 2.45) is 0 Å². The van der Waals surface area contributed by atoms with Crippen molar-refractivity contribution in [1.82, 2.24) is 15.1 Å². The molecule has 2 aromatic heterocycles. The average molecular weight is 471 g/mol. The second-order valence-corrected chi connectivity index (χ2v) is 8.83. The molecule has 2 amide bonds. The summed E-state index contributed by atoms with van der Waals surface area (Å²) in [4.78, 5) is 29.1. The number of benzene rings is 2. The molecule has 0 bridgehead atoms. The first kappa shape index (κ1) is 22.5. The number of carbonyl (C=O) groups excluding carboxylic acids is 2. The molecule has 1 atom stereocenters. The van der Waals surface area contributed by atoms with Crippen molar-refractivity contribution in [2.75, 3.05) is 12.0 Å². The summed E-state index contributed by atoms with van der Waals surface area (Å²) in [5.41, 5.74) is 2.36. The lowest BCUT2D eigenvalue weighted by atomic mass is 9.93. The number of aromatic nitrogens is 2. The van der Waals surface area contributed by atoms with E-state index in [1.54, 1.807) is 67.4 Å². The highest BCUT2D eigenvalue weighted by atomic mass is 16.5. The van der Waals surface area contributed by atoms with E-state index in [9.17, 15) is 9.59 Å². The molecule has 1 aliphatic heterocycles. The molecule has 8 nitrogen and oxygen atoms in total. The zero-order valence-corrected chi connectivity index (χ0v) is 19.8. The Morgan fingerprint density at radius 3 is 2.66 bits per heavy atom. The number of amides is 2. The molecule has 8 heteroatoms. The summed E-state index contributed by atoms with van der Waals surface area (Å²) in [6.07, 6.45) is 1.56. The molecule has 3 heterocycles. The van der Waals surface area contributed by atoms with Crippen molar-refractivity contribution in [3.8, 4) is 17.2 Å². The zero-order chi connectivity index (χ0) is 24.6. The van der Waals surface area contributed by atoms with Crippen molar-refractivity contribution in [3.05, 3.63) is 89.8 Å².